The molecule has 0 unspecified atom stereocenters. The van der Waals surface area contributed by atoms with Crippen LogP contribution >= 0.6 is 0 Å². The van der Waals surface area contributed by atoms with E-state index < -0.39 is 11.5 Å². The van der Waals surface area contributed by atoms with Crippen molar-refractivity contribution in [1.29, 1.82) is 0 Å². The molecule has 0 saturated heterocycles. The number of phenols is 6. The summed E-state index contributed by atoms with van der Waals surface area (Å²) in [5.41, 5.74) is 1.18. The smallest absolute Gasteiger partial charge is 0.200 e. The van der Waals surface area contributed by atoms with E-state index in [9.17, 15) is 35.4 Å². The molecule has 7 heteroatoms. The fraction of sp³-hybridized carbons (Fsp3) is 0.458. The van der Waals surface area contributed by atoms with Crippen molar-refractivity contribution in [2.45, 2.75) is 70.6 Å². The number of aryl methyl sites for hydroxylation is 2. The Morgan fingerprint density at radius 3 is 1.35 bits per heavy atom. The maximum atomic E-state index is 12.0. The lowest BCUT2D eigenvalue weighted by Crippen LogP contribution is -1.98. The van der Waals surface area contributed by atoms with Crippen molar-refractivity contribution in [1.82, 2.24) is 0 Å². The molecule has 6 N–H and O–H groups in total. The molecule has 0 radical (unpaired) electrons. The fourth-order valence-corrected chi connectivity index (χ4v) is 3.56. The zero-order valence-electron chi connectivity index (χ0n) is 17.7. The number of hydrogen-bond acceptors (Lipinski definition) is 7. The molecule has 7 nitrogen and oxygen atoms in total. The third kappa shape index (κ3) is 7.27. The summed E-state index contributed by atoms with van der Waals surface area (Å²) in [7, 11) is 0. The molecule has 0 aliphatic carbocycles. The molecule has 0 fully saturated rings. The van der Waals surface area contributed by atoms with Crippen molar-refractivity contribution < 1.29 is 35.4 Å². The van der Waals surface area contributed by atoms with E-state index in [0.29, 0.717) is 36.8 Å². The molecule has 31 heavy (non-hydrogen) atoms. The number of rotatable bonds is 13. The van der Waals surface area contributed by atoms with E-state index in [0.717, 1.165) is 44.9 Å². The minimum absolute atomic E-state index is 0.242. The Bertz CT molecular complexity index is 877. The third-order valence-corrected chi connectivity index (χ3v) is 5.48. The Hall–Kier alpha value is -3.09. The second-order valence-electron chi connectivity index (χ2n) is 7.90. The van der Waals surface area contributed by atoms with Crippen molar-refractivity contribution in [3.8, 4) is 34.5 Å². The van der Waals surface area contributed by atoms with Crippen molar-refractivity contribution in [3.05, 3.63) is 35.4 Å². The van der Waals surface area contributed by atoms with Crippen molar-refractivity contribution in [3.63, 3.8) is 0 Å². The molecule has 0 aromatic heterocycles. The van der Waals surface area contributed by atoms with Gasteiger partial charge in [-0.05, 0) is 61.8 Å². The van der Waals surface area contributed by atoms with Crippen LogP contribution in [-0.2, 0) is 17.6 Å². The van der Waals surface area contributed by atoms with Gasteiger partial charge in [-0.15, -0.1) is 0 Å². The molecule has 2 aromatic carbocycles. The van der Waals surface area contributed by atoms with Crippen LogP contribution < -0.4 is 0 Å². The average molecular weight is 433 g/mol. The number of phenolic OH excluding ortho intramolecular Hbond substituents is 6. The predicted molar refractivity (Wildman–Crippen MR) is 117 cm³/mol. The molecule has 0 saturated carbocycles. The summed E-state index contributed by atoms with van der Waals surface area (Å²) in [6.07, 6.45) is 8.15. The monoisotopic (exact) mass is 432 g/mol. The molecule has 0 bridgehead atoms. The van der Waals surface area contributed by atoms with Gasteiger partial charge in [0.05, 0.1) is 0 Å². The Kier molecular flexibility index (Phi) is 9.31. The normalized spacial score (nSPS) is 11.0. The van der Waals surface area contributed by atoms with Gasteiger partial charge in [0.2, 0.25) is 11.5 Å². The lowest BCUT2D eigenvalue weighted by atomic mass is 10.0. The van der Waals surface area contributed by atoms with Crippen LogP contribution in [0.1, 0.15) is 68.9 Å². The molecular weight excluding hydrogens is 400 g/mol. The van der Waals surface area contributed by atoms with Gasteiger partial charge >= 0.3 is 0 Å². The Labute approximate surface area is 182 Å². The Balaban J connectivity index is 1.52. The number of unbranched alkanes of at least 4 members (excludes halogenated alkanes) is 5. The van der Waals surface area contributed by atoms with E-state index in [1.165, 1.54) is 12.1 Å². The van der Waals surface area contributed by atoms with Gasteiger partial charge in [-0.2, -0.15) is 0 Å². The van der Waals surface area contributed by atoms with Crippen LogP contribution in [0.5, 0.6) is 34.5 Å². The first kappa shape index (κ1) is 24.2. The maximum Gasteiger partial charge on any atom is 0.200 e. The predicted octanol–water partition coefficient (Wildman–Crippen LogP) is 4.79. The molecular formula is C24H32O7. The fourth-order valence-electron chi connectivity index (χ4n) is 3.56. The number of Topliss-reactive ketones (excluding diaryl/α,β-unsaturated/α-hetero) is 1. The third-order valence-electron chi connectivity index (χ3n) is 5.48. The summed E-state index contributed by atoms with van der Waals surface area (Å²) in [6, 6.07) is 5.90. The largest absolute Gasteiger partial charge is 0.504 e. The average Bonchev–Trinajstić information content (AvgIpc) is 2.75. The van der Waals surface area contributed by atoms with Crippen LogP contribution in [0, 0.1) is 0 Å². The van der Waals surface area contributed by atoms with Gasteiger partial charge in [0.25, 0.3) is 0 Å². The second kappa shape index (κ2) is 11.9. The SMILES string of the molecule is O=C(CCCCCCc1ccc(O)c(O)c1O)CCCCCc1ccc(O)c(O)c1O. The first-order valence-electron chi connectivity index (χ1n) is 10.8. The van der Waals surface area contributed by atoms with Crippen LogP contribution in [0.3, 0.4) is 0 Å². The molecule has 0 aliphatic rings. The number of aromatic hydroxyl groups is 6. The minimum atomic E-state index is -0.495. The molecule has 170 valence electrons. The first-order valence-corrected chi connectivity index (χ1v) is 10.8. The summed E-state index contributed by atoms with van der Waals surface area (Å²) >= 11 is 0. The van der Waals surface area contributed by atoms with E-state index >= 15 is 0 Å². The van der Waals surface area contributed by atoms with E-state index in [4.69, 9.17) is 0 Å². The van der Waals surface area contributed by atoms with E-state index in [1.807, 2.05) is 0 Å². The molecule has 2 aromatic rings. The molecule has 0 atom stereocenters. The zero-order valence-corrected chi connectivity index (χ0v) is 17.7. The zero-order chi connectivity index (χ0) is 22.8. The highest BCUT2D eigenvalue weighted by Crippen LogP contribution is 2.38. The lowest BCUT2D eigenvalue weighted by molar-refractivity contribution is -0.119. The standard InChI is InChI=1S/C24H32O7/c25-18(11-7-3-5-9-17-13-15-20(27)24(31)22(17)29)10-6-2-1-4-8-16-12-14-19(26)23(30)21(16)28/h12-15,26-31H,1-11H2. The van der Waals surface area contributed by atoms with Crippen molar-refractivity contribution in [2.24, 2.45) is 0 Å². The highest BCUT2D eigenvalue weighted by atomic mass is 16.3. The quantitative estimate of drug-likeness (QED) is 0.198. The van der Waals surface area contributed by atoms with Crippen LogP contribution in [0.25, 0.3) is 0 Å². The maximum absolute atomic E-state index is 12.0. The summed E-state index contributed by atoms with van der Waals surface area (Å²) in [5, 5.41) is 57.2. The summed E-state index contributed by atoms with van der Waals surface area (Å²) in [6.45, 7) is 0. The summed E-state index contributed by atoms with van der Waals surface area (Å²) in [5.74, 6) is -1.97. The van der Waals surface area contributed by atoms with E-state index in [2.05, 4.69) is 0 Å². The van der Waals surface area contributed by atoms with Crippen molar-refractivity contribution >= 4 is 5.78 Å². The molecule has 0 aliphatic heterocycles. The highest BCUT2D eigenvalue weighted by molar-refractivity contribution is 5.78. The number of ketones is 1. The molecule has 0 heterocycles. The van der Waals surface area contributed by atoms with Gasteiger partial charge < -0.3 is 30.6 Å². The first-order chi connectivity index (χ1) is 14.8. The molecule has 2 rings (SSSR count). The van der Waals surface area contributed by atoms with Crippen LogP contribution in [-0.4, -0.2) is 36.4 Å². The number of carbonyl (C=O) groups excluding carboxylic acids is 1. The summed E-state index contributed by atoms with van der Waals surface area (Å²) in [4.78, 5) is 12.0. The van der Waals surface area contributed by atoms with Gasteiger partial charge in [-0.1, -0.05) is 31.4 Å². The van der Waals surface area contributed by atoms with E-state index in [1.54, 1.807) is 12.1 Å². The van der Waals surface area contributed by atoms with Gasteiger partial charge in [0.15, 0.2) is 23.0 Å². The van der Waals surface area contributed by atoms with E-state index in [-0.39, 0.29) is 28.8 Å². The number of carbonyl (C=O) groups is 1. The van der Waals surface area contributed by atoms with Crippen molar-refractivity contribution in [2.75, 3.05) is 0 Å². The molecule has 0 spiro atoms. The Morgan fingerprint density at radius 1 is 0.516 bits per heavy atom. The second-order valence-corrected chi connectivity index (χ2v) is 7.90. The lowest BCUT2D eigenvalue weighted by Gasteiger charge is -2.08. The van der Waals surface area contributed by atoms with Gasteiger partial charge in [-0.25, -0.2) is 0 Å². The number of hydrogen-bond donors (Lipinski definition) is 6. The van der Waals surface area contributed by atoms with Gasteiger partial charge in [-0.3, -0.25) is 4.79 Å². The van der Waals surface area contributed by atoms with Crippen LogP contribution in [0.2, 0.25) is 0 Å². The highest BCUT2D eigenvalue weighted by Gasteiger charge is 2.11. The molecule has 0 amide bonds. The van der Waals surface area contributed by atoms with Crippen LogP contribution in [0.15, 0.2) is 24.3 Å². The number of benzene rings is 2. The summed E-state index contributed by atoms with van der Waals surface area (Å²) < 4.78 is 0. The van der Waals surface area contributed by atoms with Gasteiger partial charge in [0, 0.05) is 12.8 Å². The Morgan fingerprint density at radius 2 is 0.903 bits per heavy atom. The van der Waals surface area contributed by atoms with Crippen LogP contribution in [0.4, 0.5) is 0 Å². The van der Waals surface area contributed by atoms with Gasteiger partial charge in [0.1, 0.15) is 5.78 Å². The topological polar surface area (TPSA) is 138 Å². The minimum Gasteiger partial charge on any atom is -0.504 e.